The Balaban J connectivity index is 1.54. The summed E-state index contributed by atoms with van der Waals surface area (Å²) in [5.74, 6) is -0.485. The van der Waals surface area contributed by atoms with E-state index in [-0.39, 0.29) is 6.03 Å². The Kier molecular flexibility index (Phi) is 3.91. The number of carbonyl (C=O) groups is 1. The molecule has 0 aliphatic carbocycles. The monoisotopic (exact) mass is 297 g/mol. The fourth-order valence-corrected chi connectivity index (χ4v) is 2.12. The van der Waals surface area contributed by atoms with Crippen molar-refractivity contribution in [1.82, 2.24) is 15.6 Å². The van der Waals surface area contributed by atoms with Crippen LogP contribution in [0.25, 0.3) is 11.1 Å². The van der Waals surface area contributed by atoms with Crippen molar-refractivity contribution in [1.29, 1.82) is 0 Å². The van der Waals surface area contributed by atoms with Crippen molar-refractivity contribution in [3.63, 3.8) is 0 Å². The summed E-state index contributed by atoms with van der Waals surface area (Å²) in [7, 11) is 0. The molecule has 0 fully saturated rings. The number of rotatable bonds is 4. The number of hydrogen-bond donors (Lipinski definition) is 3. The van der Waals surface area contributed by atoms with Crippen LogP contribution < -0.4 is 16.4 Å². The minimum Gasteiger partial charge on any atom is -0.408 e. The van der Waals surface area contributed by atoms with Gasteiger partial charge in [-0.15, -0.1) is 0 Å². The van der Waals surface area contributed by atoms with E-state index in [9.17, 15) is 9.59 Å². The molecule has 2 amide bonds. The van der Waals surface area contributed by atoms with Crippen LogP contribution in [0.5, 0.6) is 0 Å². The number of oxazole rings is 1. The molecule has 0 atom stereocenters. The second-order valence-electron chi connectivity index (χ2n) is 4.87. The summed E-state index contributed by atoms with van der Waals surface area (Å²) in [5.41, 5.74) is 3.01. The van der Waals surface area contributed by atoms with E-state index in [1.807, 2.05) is 36.4 Å². The lowest BCUT2D eigenvalue weighted by molar-refractivity contribution is 0.240. The molecule has 0 radical (unpaired) electrons. The van der Waals surface area contributed by atoms with Crippen molar-refractivity contribution in [3.05, 3.63) is 70.2 Å². The molecule has 0 saturated carbocycles. The molecule has 6 heteroatoms. The second-order valence-corrected chi connectivity index (χ2v) is 4.87. The minimum atomic E-state index is -0.485. The van der Waals surface area contributed by atoms with Gasteiger partial charge in [-0.05, 0) is 23.3 Å². The molecule has 0 bridgehead atoms. The maximum Gasteiger partial charge on any atom is 0.417 e. The van der Waals surface area contributed by atoms with Gasteiger partial charge in [0.15, 0.2) is 5.58 Å². The molecule has 1 aromatic heterocycles. The highest BCUT2D eigenvalue weighted by Crippen LogP contribution is 2.12. The van der Waals surface area contributed by atoms with Gasteiger partial charge in [0.2, 0.25) is 0 Å². The van der Waals surface area contributed by atoms with Gasteiger partial charge in [0.05, 0.1) is 5.52 Å². The Labute approximate surface area is 126 Å². The van der Waals surface area contributed by atoms with E-state index in [4.69, 9.17) is 4.42 Å². The molecule has 0 aliphatic heterocycles. The van der Waals surface area contributed by atoms with Gasteiger partial charge < -0.3 is 15.1 Å². The van der Waals surface area contributed by atoms with E-state index in [0.717, 1.165) is 11.1 Å². The summed E-state index contributed by atoms with van der Waals surface area (Å²) in [4.78, 5) is 25.4. The van der Waals surface area contributed by atoms with Gasteiger partial charge in [-0.1, -0.05) is 36.4 Å². The second kappa shape index (κ2) is 6.17. The first kappa shape index (κ1) is 13.9. The molecule has 3 rings (SSSR count). The van der Waals surface area contributed by atoms with Crippen LogP contribution in [-0.4, -0.2) is 11.0 Å². The number of hydrogen-bond acceptors (Lipinski definition) is 3. The molecule has 0 spiro atoms. The Hall–Kier alpha value is -3.02. The number of fused-ring (bicyclic) bond motifs is 1. The predicted molar refractivity (Wildman–Crippen MR) is 82.4 cm³/mol. The van der Waals surface area contributed by atoms with E-state index in [0.29, 0.717) is 24.2 Å². The molecule has 3 aromatic rings. The van der Waals surface area contributed by atoms with Crippen molar-refractivity contribution in [2.24, 2.45) is 0 Å². The lowest BCUT2D eigenvalue weighted by Crippen LogP contribution is -2.34. The van der Waals surface area contributed by atoms with E-state index in [1.165, 1.54) is 0 Å². The van der Waals surface area contributed by atoms with Crippen LogP contribution in [0.3, 0.4) is 0 Å². The van der Waals surface area contributed by atoms with Crippen molar-refractivity contribution >= 4 is 17.1 Å². The average molecular weight is 297 g/mol. The molecule has 6 nitrogen and oxygen atoms in total. The SMILES string of the molecule is O=C(NCc1ccccc1)NCc1ccc2[nH]c(=O)oc2c1. The van der Waals surface area contributed by atoms with E-state index in [1.54, 1.807) is 12.1 Å². The van der Waals surface area contributed by atoms with Gasteiger partial charge in [0.25, 0.3) is 0 Å². The van der Waals surface area contributed by atoms with E-state index < -0.39 is 5.76 Å². The van der Waals surface area contributed by atoms with Crippen molar-refractivity contribution in [3.8, 4) is 0 Å². The van der Waals surface area contributed by atoms with Crippen molar-refractivity contribution < 1.29 is 9.21 Å². The van der Waals surface area contributed by atoms with Gasteiger partial charge in [-0.3, -0.25) is 4.98 Å². The molecule has 2 aromatic carbocycles. The third-order valence-corrected chi connectivity index (χ3v) is 3.23. The summed E-state index contributed by atoms with van der Waals surface area (Å²) in [6.45, 7) is 0.823. The molecule has 0 aliphatic rings. The number of H-pyrrole nitrogens is 1. The fourth-order valence-electron chi connectivity index (χ4n) is 2.12. The number of urea groups is 1. The highest BCUT2D eigenvalue weighted by molar-refractivity contribution is 5.75. The van der Waals surface area contributed by atoms with Gasteiger partial charge in [-0.2, -0.15) is 0 Å². The molecular formula is C16H15N3O3. The van der Waals surface area contributed by atoms with Crippen molar-refractivity contribution in [2.45, 2.75) is 13.1 Å². The topological polar surface area (TPSA) is 87.1 Å². The summed E-state index contributed by atoms with van der Waals surface area (Å²) in [5, 5.41) is 5.54. The zero-order valence-electron chi connectivity index (χ0n) is 11.8. The van der Waals surface area contributed by atoms with Crippen LogP contribution in [0, 0.1) is 0 Å². The minimum absolute atomic E-state index is 0.250. The third kappa shape index (κ3) is 3.35. The van der Waals surface area contributed by atoms with Gasteiger partial charge >= 0.3 is 11.8 Å². The Morgan fingerprint density at radius 3 is 2.50 bits per heavy atom. The average Bonchev–Trinajstić information content (AvgIpc) is 2.91. The van der Waals surface area contributed by atoms with E-state index >= 15 is 0 Å². The highest BCUT2D eigenvalue weighted by atomic mass is 16.4. The van der Waals surface area contributed by atoms with Crippen LogP contribution in [0.15, 0.2) is 57.7 Å². The van der Waals surface area contributed by atoms with Crippen molar-refractivity contribution in [2.75, 3.05) is 0 Å². The van der Waals surface area contributed by atoms with Gasteiger partial charge in [-0.25, -0.2) is 9.59 Å². The van der Waals surface area contributed by atoms with E-state index in [2.05, 4.69) is 15.6 Å². The standard InChI is InChI=1S/C16H15N3O3/c20-15(17-9-11-4-2-1-3-5-11)18-10-12-6-7-13-14(8-12)22-16(21)19-13/h1-8H,9-10H2,(H,19,21)(H2,17,18,20). The number of amides is 2. The van der Waals surface area contributed by atoms with Crippen LogP contribution in [-0.2, 0) is 13.1 Å². The molecule has 0 unspecified atom stereocenters. The maximum atomic E-state index is 11.8. The first-order chi connectivity index (χ1) is 10.7. The molecule has 0 saturated heterocycles. The number of aromatic nitrogens is 1. The van der Waals surface area contributed by atoms with Crippen LogP contribution in [0.4, 0.5) is 4.79 Å². The first-order valence-corrected chi connectivity index (χ1v) is 6.88. The third-order valence-electron chi connectivity index (χ3n) is 3.23. The normalized spacial score (nSPS) is 10.5. The number of nitrogens with one attached hydrogen (secondary N) is 3. The van der Waals surface area contributed by atoms with Crippen LogP contribution in [0.1, 0.15) is 11.1 Å². The number of carbonyl (C=O) groups excluding carboxylic acids is 1. The Morgan fingerprint density at radius 1 is 1.00 bits per heavy atom. The zero-order chi connectivity index (χ0) is 15.4. The summed E-state index contributed by atoms with van der Waals surface area (Å²) >= 11 is 0. The molecule has 1 heterocycles. The lowest BCUT2D eigenvalue weighted by atomic mass is 10.2. The predicted octanol–water partition coefficient (Wildman–Crippen LogP) is 2.12. The maximum absolute atomic E-state index is 11.8. The first-order valence-electron chi connectivity index (χ1n) is 6.88. The largest absolute Gasteiger partial charge is 0.417 e. The Bertz CT molecular complexity index is 836. The quantitative estimate of drug-likeness (QED) is 0.689. The molecule has 3 N–H and O–H groups in total. The number of benzene rings is 2. The molecule has 112 valence electrons. The van der Waals surface area contributed by atoms with Crippen LogP contribution in [0.2, 0.25) is 0 Å². The fraction of sp³-hybridized carbons (Fsp3) is 0.125. The summed E-state index contributed by atoms with van der Waals surface area (Å²) in [6.07, 6.45) is 0. The van der Waals surface area contributed by atoms with Crippen LogP contribution >= 0.6 is 0 Å². The molecular weight excluding hydrogens is 282 g/mol. The van der Waals surface area contributed by atoms with Gasteiger partial charge in [0.1, 0.15) is 0 Å². The Morgan fingerprint density at radius 2 is 1.73 bits per heavy atom. The number of aromatic amines is 1. The lowest BCUT2D eigenvalue weighted by Gasteiger charge is -2.07. The smallest absolute Gasteiger partial charge is 0.408 e. The molecule has 22 heavy (non-hydrogen) atoms. The zero-order valence-corrected chi connectivity index (χ0v) is 11.8. The summed E-state index contributed by atoms with van der Waals surface area (Å²) < 4.78 is 4.98. The van der Waals surface area contributed by atoms with Gasteiger partial charge in [0, 0.05) is 13.1 Å². The summed E-state index contributed by atoms with van der Waals surface area (Å²) in [6, 6.07) is 14.7. The highest BCUT2D eigenvalue weighted by Gasteiger charge is 2.04.